The summed E-state index contributed by atoms with van der Waals surface area (Å²) in [5.74, 6) is -1.56. The second-order valence-electron chi connectivity index (χ2n) is 8.00. The lowest BCUT2D eigenvalue weighted by Gasteiger charge is -2.18. The monoisotopic (exact) mass is 493 g/mol. The van der Waals surface area contributed by atoms with E-state index in [1.807, 2.05) is 32.0 Å². The van der Waals surface area contributed by atoms with Crippen LogP contribution in [0.15, 0.2) is 71.4 Å². The van der Waals surface area contributed by atoms with Gasteiger partial charge in [0.05, 0.1) is 5.69 Å². The Hall–Kier alpha value is -3.61. The van der Waals surface area contributed by atoms with Crippen molar-refractivity contribution in [1.82, 2.24) is 0 Å². The average molecular weight is 494 g/mol. The molecule has 0 saturated heterocycles. The van der Waals surface area contributed by atoms with Gasteiger partial charge in [0.2, 0.25) is 0 Å². The van der Waals surface area contributed by atoms with Gasteiger partial charge in [0.1, 0.15) is 10.7 Å². The zero-order chi connectivity index (χ0) is 24.6. The van der Waals surface area contributed by atoms with Crippen molar-refractivity contribution >= 4 is 58.0 Å². The van der Waals surface area contributed by atoms with E-state index in [1.165, 1.54) is 0 Å². The number of anilines is 3. The van der Waals surface area contributed by atoms with Gasteiger partial charge in [-0.3, -0.25) is 14.4 Å². The molecule has 0 fully saturated rings. The van der Waals surface area contributed by atoms with E-state index in [9.17, 15) is 14.4 Å². The van der Waals surface area contributed by atoms with Gasteiger partial charge in [-0.15, -0.1) is 0 Å². The molecule has 0 saturated carbocycles. The Morgan fingerprint density at radius 1 is 0.882 bits per heavy atom. The van der Waals surface area contributed by atoms with Crippen molar-refractivity contribution in [2.24, 2.45) is 0 Å². The van der Waals surface area contributed by atoms with E-state index < -0.39 is 11.8 Å². The lowest BCUT2D eigenvalue weighted by atomic mass is 10.1. The molecule has 0 atom stereocenters. The number of amides is 3. The number of nitrogens with one attached hydrogen (secondary N) is 2. The van der Waals surface area contributed by atoms with Gasteiger partial charge in [-0.25, -0.2) is 4.90 Å². The first-order valence-corrected chi connectivity index (χ1v) is 11.2. The lowest BCUT2D eigenvalue weighted by Crippen LogP contribution is -2.32. The maximum atomic E-state index is 13.1. The maximum absolute atomic E-state index is 13.1. The van der Waals surface area contributed by atoms with Gasteiger partial charge in [0.25, 0.3) is 17.7 Å². The highest BCUT2D eigenvalue weighted by atomic mass is 35.5. The molecule has 0 radical (unpaired) electrons. The third-order valence-corrected chi connectivity index (χ3v) is 6.30. The van der Waals surface area contributed by atoms with Crippen molar-refractivity contribution < 1.29 is 14.4 Å². The summed E-state index contributed by atoms with van der Waals surface area (Å²) >= 11 is 12.4. The van der Waals surface area contributed by atoms with Crippen molar-refractivity contribution in [2.45, 2.75) is 20.8 Å². The third kappa shape index (κ3) is 4.42. The van der Waals surface area contributed by atoms with Crippen LogP contribution in [0.25, 0.3) is 0 Å². The van der Waals surface area contributed by atoms with Crippen LogP contribution in [0.2, 0.25) is 5.02 Å². The quantitative estimate of drug-likeness (QED) is 0.430. The molecule has 0 aromatic heterocycles. The SMILES string of the molecule is Cc1ccc(C)c(NC(=O)c2cccc(NC3=C(Cl)C(=O)N(c4cccc(Cl)c4C)C3=O)c2)c1. The number of nitrogens with zero attached hydrogens (tertiary/aromatic N) is 1. The molecule has 1 heterocycles. The summed E-state index contributed by atoms with van der Waals surface area (Å²) < 4.78 is 0. The van der Waals surface area contributed by atoms with Crippen LogP contribution in [-0.2, 0) is 9.59 Å². The van der Waals surface area contributed by atoms with Gasteiger partial charge in [-0.1, -0.05) is 47.5 Å². The molecular weight excluding hydrogens is 473 g/mol. The van der Waals surface area contributed by atoms with E-state index in [-0.39, 0.29) is 16.6 Å². The molecule has 0 spiro atoms. The Labute approximate surface area is 207 Å². The lowest BCUT2D eigenvalue weighted by molar-refractivity contribution is -0.120. The topological polar surface area (TPSA) is 78.5 Å². The molecule has 3 aromatic carbocycles. The fraction of sp³-hybridized carbons (Fsp3) is 0.115. The second-order valence-corrected chi connectivity index (χ2v) is 8.78. The number of benzene rings is 3. The Balaban J connectivity index is 1.57. The molecule has 3 amide bonds. The van der Waals surface area contributed by atoms with Crippen molar-refractivity contribution in [3.05, 3.63) is 98.7 Å². The normalized spacial score (nSPS) is 13.5. The molecule has 4 rings (SSSR count). The standard InChI is InChI=1S/C26H21Cl2N3O3/c1-14-10-11-15(2)20(12-14)30-24(32)17-6-4-7-18(13-17)29-23-22(28)25(33)31(26(23)34)21-9-5-8-19(27)16(21)3/h4-13,29H,1-3H3,(H,30,32). The Bertz CT molecular complexity index is 1380. The number of rotatable bonds is 5. The van der Waals surface area contributed by atoms with Crippen LogP contribution in [0.1, 0.15) is 27.0 Å². The van der Waals surface area contributed by atoms with Gasteiger partial charge in [0, 0.05) is 22.0 Å². The van der Waals surface area contributed by atoms with Crippen LogP contribution >= 0.6 is 23.2 Å². The molecule has 172 valence electrons. The second kappa shape index (κ2) is 9.33. The van der Waals surface area contributed by atoms with E-state index >= 15 is 0 Å². The van der Waals surface area contributed by atoms with E-state index in [1.54, 1.807) is 49.4 Å². The highest BCUT2D eigenvalue weighted by Crippen LogP contribution is 2.34. The van der Waals surface area contributed by atoms with Crippen molar-refractivity contribution in [1.29, 1.82) is 0 Å². The highest BCUT2D eigenvalue weighted by Gasteiger charge is 2.39. The zero-order valence-corrected chi connectivity index (χ0v) is 20.2. The number of imide groups is 1. The van der Waals surface area contributed by atoms with E-state index in [4.69, 9.17) is 23.2 Å². The first-order chi connectivity index (χ1) is 16.2. The fourth-order valence-electron chi connectivity index (χ4n) is 3.62. The van der Waals surface area contributed by atoms with Gasteiger partial charge in [-0.2, -0.15) is 0 Å². The molecule has 6 nitrogen and oxygen atoms in total. The minimum atomic E-state index is -0.650. The van der Waals surface area contributed by atoms with E-state index in [0.29, 0.717) is 27.5 Å². The summed E-state index contributed by atoms with van der Waals surface area (Å²) in [7, 11) is 0. The highest BCUT2D eigenvalue weighted by molar-refractivity contribution is 6.53. The summed E-state index contributed by atoms with van der Waals surface area (Å²) in [5.41, 5.74) is 4.38. The molecule has 1 aliphatic heterocycles. The summed E-state index contributed by atoms with van der Waals surface area (Å²) in [4.78, 5) is 39.7. The van der Waals surface area contributed by atoms with E-state index in [0.717, 1.165) is 21.7 Å². The molecule has 1 aliphatic rings. The van der Waals surface area contributed by atoms with Crippen molar-refractivity contribution in [2.75, 3.05) is 15.5 Å². The molecule has 3 aromatic rings. The fourth-order valence-corrected chi connectivity index (χ4v) is 4.00. The minimum absolute atomic E-state index is 0.0712. The number of carbonyl (C=O) groups excluding carboxylic acids is 3. The van der Waals surface area contributed by atoms with Crippen LogP contribution in [0.3, 0.4) is 0 Å². The maximum Gasteiger partial charge on any atom is 0.283 e. The first-order valence-electron chi connectivity index (χ1n) is 10.5. The van der Waals surface area contributed by atoms with Crippen LogP contribution in [-0.4, -0.2) is 17.7 Å². The molecule has 2 N–H and O–H groups in total. The largest absolute Gasteiger partial charge is 0.350 e. The smallest absolute Gasteiger partial charge is 0.283 e. The molecular formula is C26H21Cl2N3O3. The number of aryl methyl sites for hydroxylation is 2. The predicted octanol–water partition coefficient (Wildman–Crippen LogP) is 5.95. The number of hydrogen-bond acceptors (Lipinski definition) is 4. The van der Waals surface area contributed by atoms with Gasteiger partial charge in [-0.05, 0) is 73.9 Å². The van der Waals surface area contributed by atoms with Crippen LogP contribution in [0.4, 0.5) is 17.1 Å². The first kappa shape index (κ1) is 23.5. The molecule has 0 unspecified atom stereocenters. The molecule has 34 heavy (non-hydrogen) atoms. The van der Waals surface area contributed by atoms with Crippen LogP contribution in [0.5, 0.6) is 0 Å². The van der Waals surface area contributed by atoms with Crippen LogP contribution in [0, 0.1) is 20.8 Å². The van der Waals surface area contributed by atoms with Crippen LogP contribution < -0.4 is 15.5 Å². The summed E-state index contributed by atoms with van der Waals surface area (Å²) in [6, 6.07) is 17.4. The summed E-state index contributed by atoms with van der Waals surface area (Å²) in [6.07, 6.45) is 0. The zero-order valence-electron chi connectivity index (χ0n) is 18.7. The predicted molar refractivity (Wildman–Crippen MR) is 135 cm³/mol. The number of hydrogen-bond donors (Lipinski definition) is 2. The third-order valence-electron chi connectivity index (χ3n) is 5.54. The summed E-state index contributed by atoms with van der Waals surface area (Å²) in [5, 5.41) is 6.00. The Morgan fingerprint density at radius 3 is 2.38 bits per heavy atom. The average Bonchev–Trinajstić information content (AvgIpc) is 3.01. The Kier molecular flexibility index (Phi) is 6.46. The Morgan fingerprint density at radius 2 is 1.62 bits per heavy atom. The number of halogens is 2. The van der Waals surface area contributed by atoms with Gasteiger partial charge in [0.15, 0.2) is 0 Å². The minimum Gasteiger partial charge on any atom is -0.350 e. The molecule has 8 heteroatoms. The van der Waals surface area contributed by atoms with Crippen molar-refractivity contribution in [3.8, 4) is 0 Å². The van der Waals surface area contributed by atoms with E-state index in [2.05, 4.69) is 10.6 Å². The number of carbonyl (C=O) groups is 3. The molecule has 0 bridgehead atoms. The van der Waals surface area contributed by atoms with Gasteiger partial charge < -0.3 is 10.6 Å². The summed E-state index contributed by atoms with van der Waals surface area (Å²) in [6.45, 7) is 5.58. The van der Waals surface area contributed by atoms with Crippen molar-refractivity contribution in [3.63, 3.8) is 0 Å². The van der Waals surface area contributed by atoms with Gasteiger partial charge >= 0.3 is 0 Å². The molecule has 0 aliphatic carbocycles.